The third-order valence-electron chi connectivity index (χ3n) is 2.81. The fourth-order valence-electron chi connectivity index (χ4n) is 1.90. The summed E-state index contributed by atoms with van der Waals surface area (Å²) in [5, 5.41) is 2.69. The van der Waals surface area contributed by atoms with Crippen molar-refractivity contribution in [2.75, 3.05) is 24.6 Å². The second-order valence-corrected chi connectivity index (χ2v) is 4.28. The van der Waals surface area contributed by atoms with Gasteiger partial charge in [0.05, 0.1) is 5.56 Å². The standard InChI is InChI=1S/C13H14F2N2O3/c14-11(15)8-20-12(18)9-3-1-4-10(7-9)17-6-2-5-16-13(17)19/h1,3-4,7,11H,2,5-6,8H2,(H,16,19). The third-order valence-corrected chi connectivity index (χ3v) is 2.81. The molecule has 1 aliphatic heterocycles. The molecule has 20 heavy (non-hydrogen) atoms. The van der Waals surface area contributed by atoms with Gasteiger partial charge in [0.1, 0.15) is 0 Å². The van der Waals surface area contributed by atoms with Crippen molar-refractivity contribution in [3.8, 4) is 0 Å². The molecular formula is C13H14F2N2O3. The lowest BCUT2D eigenvalue weighted by Crippen LogP contribution is -2.46. The normalized spacial score (nSPS) is 15.2. The van der Waals surface area contributed by atoms with Crippen LogP contribution >= 0.6 is 0 Å². The van der Waals surface area contributed by atoms with Crippen LogP contribution in [-0.2, 0) is 4.74 Å². The molecule has 0 saturated carbocycles. The molecule has 1 aliphatic rings. The van der Waals surface area contributed by atoms with E-state index >= 15 is 0 Å². The van der Waals surface area contributed by atoms with E-state index in [2.05, 4.69) is 10.1 Å². The molecule has 2 rings (SSSR count). The molecule has 108 valence electrons. The average Bonchev–Trinajstić information content (AvgIpc) is 2.45. The molecule has 1 aromatic rings. The highest BCUT2D eigenvalue weighted by molar-refractivity contribution is 5.95. The van der Waals surface area contributed by atoms with Crippen LogP contribution < -0.4 is 10.2 Å². The fourth-order valence-corrected chi connectivity index (χ4v) is 1.90. The van der Waals surface area contributed by atoms with Gasteiger partial charge in [0, 0.05) is 18.8 Å². The molecule has 1 saturated heterocycles. The van der Waals surface area contributed by atoms with Gasteiger partial charge in [0.2, 0.25) is 0 Å². The number of hydrogen-bond acceptors (Lipinski definition) is 3. The number of carbonyl (C=O) groups excluding carboxylic acids is 2. The van der Waals surface area contributed by atoms with Gasteiger partial charge in [-0.2, -0.15) is 0 Å². The van der Waals surface area contributed by atoms with E-state index in [9.17, 15) is 18.4 Å². The largest absolute Gasteiger partial charge is 0.456 e. The number of benzene rings is 1. The lowest BCUT2D eigenvalue weighted by Gasteiger charge is -2.27. The number of hydrogen-bond donors (Lipinski definition) is 1. The lowest BCUT2D eigenvalue weighted by molar-refractivity contribution is 0.0160. The number of carbonyl (C=O) groups is 2. The summed E-state index contributed by atoms with van der Waals surface area (Å²) in [5.41, 5.74) is 0.676. The number of urea groups is 1. The number of ether oxygens (including phenoxy) is 1. The van der Waals surface area contributed by atoms with Crippen molar-refractivity contribution in [1.29, 1.82) is 0 Å². The zero-order valence-electron chi connectivity index (χ0n) is 10.6. The highest BCUT2D eigenvalue weighted by Crippen LogP contribution is 2.19. The molecule has 5 nitrogen and oxygen atoms in total. The highest BCUT2D eigenvalue weighted by Gasteiger charge is 2.20. The smallest absolute Gasteiger partial charge is 0.338 e. The average molecular weight is 284 g/mol. The molecule has 0 aliphatic carbocycles. The van der Waals surface area contributed by atoms with Crippen LogP contribution in [0.4, 0.5) is 19.3 Å². The first kappa shape index (κ1) is 14.2. The zero-order valence-corrected chi connectivity index (χ0v) is 10.6. The van der Waals surface area contributed by atoms with Gasteiger partial charge in [-0.15, -0.1) is 0 Å². The molecule has 2 amide bonds. The van der Waals surface area contributed by atoms with Crippen LogP contribution in [0.3, 0.4) is 0 Å². The maximum Gasteiger partial charge on any atom is 0.338 e. The Kier molecular flexibility index (Phi) is 4.49. The van der Waals surface area contributed by atoms with Crippen molar-refractivity contribution in [2.45, 2.75) is 12.8 Å². The Bertz CT molecular complexity index is 508. The minimum Gasteiger partial charge on any atom is -0.456 e. The van der Waals surface area contributed by atoms with E-state index in [1.54, 1.807) is 12.1 Å². The second kappa shape index (κ2) is 6.31. The summed E-state index contributed by atoms with van der Waals surface area (Å²) >= 11 is 0. The van der Waals surface area contributed by atoms with Crippen molar-refractivity contribution >= 4 is 17.7 Å². The highest BCUT2D eigenvalue weighted by atomic mass is 19.3. The number of nitrogens with zero attached hydrogens (tertiary/aromatic N) is 1. The van der Waals surface area contributed by atoms with Crippen molar-refractivity contribution < 1.29 is 23.1 Å². The Morgan fingerprint density at radius 3 is 2.95 bits per heavy atom. The summed E-state index contributed by atoms with van der Waals surface area (Å²) in [6, 6.07) is 5.93. The first-order valence-electron chi connectivity index (χ1n) is 6.18. The molecule has 0 atom stereocenters. The van der Waals surface area contributed by atoms with Gasteiger partial charge in [-0.25, -0.2) is 18.4 Å². The first-order chi connectivity index (χ1) is 9.58. The number of halogens is 2. The van der Waals surface area contributed by atoms with Crippen molar-refractivity contribution in [1.82, 2.24) is 5.32 Å². The van der Waals surface area contributed by atoms with Gasteiger partial charge in [-0.05, 0) is 24.6 Å². The van der Waals surface area contributed by atoms with E-state index in [1.807, 2.05) is 0 Å². The van der Waals surface area contributed by atoms with Gasteiger partial charge in [0.25, 0.3) is 6.43 Å². The van der Waals surface area contributed by atoms with Gasteiger partial charge in [-0.1, -0.05) is 6.07 Å². The van der Waals surface area contributed by atoms with Gasteiger partial charge in [-0.3, -0.25) is 4.90 Å². The second-order valence-electron chi connectivity index (χ2n) is 4.28. The topological polar surface area (TPSA) is 58.6 Å². The van der Waals surface area contributed by atoms with Crippen LogP contribution in [0.15, 0.2) is 24.3 Å². The predicted octanol–water partition coefficient (Wildman–Crippen LogP) is 2.03. The van der Waals surface area contributed by atoms with Gasteiger partial charge in [0.15, 0.2) is 6.61 Å². The van der Waals surface area contributed by atoms with E-state index < -0.39 is 19.0 Å². The third kappa shape index (κ3) is 3.43. The minimum atomic E-state index is -2.70. The maximum absolute atomic E-state index is 12.0. The molecule has 0 spiro atoms. The Morgan fingerprint density at radius 2 is 2.25 bits per heavy atom. The number of rotatable bonds is 4. The maximum atomic E-state index is 12.0. The first-order valence-corrected chi connectivity index (χ1v) is 6.18. The number of amides is 2. The molecule has 1 aromatic carbocycles. The zero-order chi connectivity index (χ0) is 14.5. The summed E-state index contributed by atoms with van der Waals surface area (Å²) in [6.07, 6.45) is -1.90. The van der Waals surface area contributed by atoms with Gasteiger partial charge < -0.3 is 10.1 Å². The Hall–Kier alpha value is -2.18. The number of esters is 1. The predicted molar refractivity (Wildman–Crippen MR) is 68.1 cm³/mol. The van der Waals surface area contributed by atoms with Gasteiger partial charge >= 0.3 is 12.0 Å². The van der Waals surface area contributed by atoms with E-state index in [4.69, 9.17) is 0 Å². The Labute approximate surface area is 114 Å². The van der Waals surface area contributed by atoms with Crippen LogP contribution in [-0.4, -0.2) is 38.1 Å². The van der Waals surface area contributed by atoms with Crippen molar-refractivity contribution in [3.05, 3.63) is 29.8 Å². The number of nitrogens with one attached hydrogen (secondary N) is 1. The van der Waals surface area contributed by atoms with E-state index in [0.29, 0.717) is 18.8 Å². The van der Waals surface area contributed by atoms with Crippen LogP contribution in [0.2, 0.25) is 0 Å². The van der Waals surface area contributed by atoms with E-state index in [-0.39, 0.29) is 11.6 Å². The summed E-state index contributed by atoms with van der Waals surface area (Å²) in [5.74, 6) is -0.829. The molecular weight excluding hydrogens is 270 g/mol. The summed E-state index contributed by atoms with van der Waals surface area (Å²) in [7, 11) is 0. The van der Waals surface area contributed by atoms with Crippen molar-refractivity contribution in [2.24, 2.45) is 0 Å². The summed E-state index contributed by atoms with van der Waals surface area (Å²) in [4.78, 5) is 24.8. The Morgan fingerprint density at radius 1 is 1.45 bits per heavy atom. The molecule has 1 N–H and O–H groups in total. The van der Waals surface area contributed by atoms with Crippen LogP contribution in [0.1, 0.15) is 16.8 Å². The van der Waals surface area contributed by atoms with Crippen LogP contribution in [0.25, 0.3) is 0 Å². The fraction of sp³-hybridized carbons (Fsp3) is 0.385. The minimum absolute atomic E-state index is 0.140. The summed E-state index contributed by atoms with van der Waals surface area (Å²) in [6.45, 7) is 0.222. The van der Waals surface area contributed by atoms with E-state index in [1.165, 1.54) is 17.0 Å². The number of anilines is 1. The summed E-state index contributed by atoms with van der Waals surface area (Å²) < 4.78 is 28.4. The molecule has 0 unspecified atom stereocenters. The van der Waals surface area contributed by atoms with Crippen LogP contribution in [0, 0.1) is 0 Å². The molecule has 0 radical (unpaired) electrons. The molecule has 0 bridgehead atoms. The molecule has 1 fully saturated rings. The molecule has 7 heteroatoms. The quantitative estimate of drug-likeness (QED) is 0.861. The SMILES string of the molecule is O=C(OCC(F)F)c1cccc(N2CCCNC2=O)c1. The van der Waals surface area contributed by atoms with Crippen molar-refractivity contribution in [3.63, 3.8) is 0 Å². The monoisotopic (exact) mass is 284 g/mol. The molecule has 1 heterocycles. The van der Waals surface area contributed by atoms with E-state index in [0.717, 1.165) is 6.42 Å². The lowest BCUT2D eigenvalue weighted by atomic mass is 10.1. The molecule has 0 aromatic heterocycles. The number of alkyl halides is 2. The van der Waals surface area contributed by atoms with Crippen LogP contribution in [0.5, 0.6) is 0 Å². The Balaban J connectivity index is 2.11.